The lowest BCUT2D eigenvalue weighted by Gasteiger charge is -2.10. The highest BCUT2D eigenvalue weighted by molar-refractivity contribution is 14.1. The first-order valence-corrected chi connectivity index (χ1v) is 6.90. The van der Waals surface area contributed by atoms with Crippen molar-refractivity contribution in [3.05, 3.63) is 37.6 Å². The number of aryl methyl sites for hydroxylation is 1. The monoisotopic (exact) mass is 394 g/mol. The van der Waals surface area contributed by atoms with E-state index in [0.717, 1.165) is 9.26 Å². The average molecular weight is 395 g/mol. The highest BCUT2D eigenvalue weighted by Gasteiger charge is 2.16. The number of benzene rings is 1. The number of methoxy groups -OCH3 is 1. The third-order valence-corrected chi connectivity index (χ3v) is 4.59. The maximum absolute atomic E-state index is 6.18. The highest BCUT2D eigenvalue weighted by Crippen LogP contribution is 2.35. The number of hydrogen-bond donors (Lipinski definition) is 0. The number of aromatic nitrogens is 2. The van der Waals surface area contributed by atoms with Crippen molar-refractivity contribution in [1.29, 1.82) is 0 Å². The summed E-state index contributed by atoms with van der Waals surface area (Å²) in [5, 5.41) is 0.950. The third-order valence-electron chi connectivity index (χ3n) is 2.40. The van der Waals surface area contributed by atoms with Crippen LogP contribution in [0, 0.1) is 10.5 Å². The Hall–Kier alpha value is -0.590. The molecule has 1 aromatic heterocycles. The summed E-state index contributed by atoms with van der Waals surface area (Å²) in [6.07, 6.45) is 0. The largest absolute Gasteiger partial charge is 0.496 e. The van der Waals surface area contributed by atoms with Crippen LogP contribution in [0.4, 0.5) is 0 Å². The molecule has 0 aliphatic carbocycles. The van der Waals surface area contributed by atoms with Gasteiger partial charge in [0.05, 0.1) is 27.0 Å². The van der Waals surface area contributed by atoms with E-state index in [1.165, 1.54) is 0 Å². The van der Waals surface area contributed by atoms with E-state index in [4.69, 9.17) is 27.9 Å². The summed E-state index contributed by atoms with van der Waals surface area (Å²) in [5.41, 5.74) is 1.47. The first-order valence-electron chi connectivity index (χ1n) is 5.07. The molecule has 2 aromatic rings. The van der Waals surface area contributed by atoms with Gasteiger partial charge in [-0.3, -0.25) is 0 Å². The van der Waals surface area contributed by atoms with Crippen LogP contribution in [0.3, 0.4) is 0 Å². The van der Waals surface area contributed by atoms with E-state index < -0.39 is 0 Å². The van der Waals surface area contributed by atoms with E-state index in [9.17, 15) is 0 Å². The molecule has 0 aliphatic rings. The molecule has 2 rings (SSSR count). The van der Waals surface area contributed by atoms with Crippen LogP contribution in [0.1, 0.15) is 5.69 Å². The predicted molar refractivity (Wildman–Crippen MR) is 81.5 cm³/mol. The fourth-order valence-corrected chi connectivity index (χ4v) is 2.24. The van der Waals surface area contributed by atoms with Crippen molar-refractivity contribution >= 4 is 45.8 Å². The second-order valence-corrected chi connectivity index (χ2v) is 5.40. The Bertz CT molecular complexity index is 582. The minimum Gasteiger partial charge on any atom is -0.496 e. The summed E-state index contributed by atoms with van der Waals surface area (Å²) in [6, 6.07) is 5.39. The summed E-state index contributed by atoms with van der Waals surface area (Å²) in [5.74, 6) is 1.10. The molecule has 18 heavy (non-hydrogen) atoms. The van der Waals surface area contributed by atoms with Gasteiger partial charge < -0.3 is 4.74 Å². The van der Waals surface area contributed by atoms with Gasteiger partial charge >= 0.3 is 0 Å². The number of rotatable bonds is 2. The highest BCUT2D eigenvalue weighted by atomic mass is 127. The molecule has 0 fully saturated rings. The first-order chi connectivity index (χ1) is 8.54. The van der Waals surface area contributed by atoms with Gasteiger partial charge in [0, 0.05) is 0 Å². The smallest absolute Gasteiger partial charge is 0.166 e. The van der Waals surface area contributed by atoms with E-state index in [1.807, 2.05) is 19.1 Å². The van der Waals surface area contributed by atoms with E-state index >= 15 is 0 Å². The van der Waals surface area contributed by atoms with Gasteiger partial charge in [-0.1, -0.05) is 29.3 Å². The Kier molecular flexibility index (Phi) is 4.29. The van der Waals surface area contributed by atoms with Gasteiger partial charge in [0.15, 0.2) is 5.82 Å². The molecule has 0 unspecified atom stereocenters. The molecule has 6 heteroatoms. The number of halogens is 3. The normalized spacial score (nSPS) is 10.5. The molecule has 0 amide bonds. The van der Waals surface area contributed by atoms with Gasteiger partial charge in [-0.2, -0.15) is 0 Å². The van der Waals surface area contributed by atoms with Crippen molar-refractivity contribution in [1.82, 2.24) is 9.97 Å². The molecule has 0 saturated heterocycles. The van der Waals surface area contributed by atoms with Crippen molar-refractivity contribution in [3.8, 4) is 17.1 Å². The number of nitrogens with zero attached hydrogens (tertiary/aromatic N) is 2. The molecule has 0 spiro atoms. The van der Waals surface area contributed by atoms with Gasteiger partial charge in [-0.15, -0.1) is 0 Å². The molecule has 0 radical (unpaired) electrons. The Morgan fingerprint density at radius 3 is 2.56 bits per heavy atom. The fourth-order valence-electron chi connectivity index (χ4n) is 1.53. The number of hydrogen-bond acceptors (Lipinski definition) is 3. The molecule has 3 nitrogen and oxygen atoms in total. The second kappa shape index (κ2) is 5.59. The lowest BCUT2D eigenvalue weighted by molar-refractivity contribution is 0.416. The molecule has 0 aliphatic heterocycles. The Labute approximate surface area is 129 Å². The Balaban J connectivity index is 2.69. The lowest BCUT2D eigenvalue weighted by atomic mass is 10.2. The standard InChI is InChI=1S/C12H9Cl2IN2O/c1-6-10(15)11(14)17-12(16-6)9-7(13)4-3-5-8(9)18-2/h3-5H,1-2H3. The summed E-state index contributed by atoms with van der Waals surface area (Å²) in [7, 11) is 1.58. The van der Waals surface area contributed by atoms with Gasteiger partial charge in [-0.05, 0) is 41.6 Å². The van der Waals surface area contributed by atoms with Crippen LogP contribution in [0.2, 0.25) is 10.2 Å². The second-order valence-electron chi connectivity index (χ2n) is 3.55. The van der Waals surface area contributed by atoms with Crippen LogP contribution >= 0.6 is 45.8 Å². The van der Waals surface area contributed by atoms with Crippen molar-refractivity contribution in [3.63, 3.8) is 0 Å². The van der Waals surface area contributed by atoms with Crippen molar-refractivity contribution in [2.45, 2.75) is 6.92 Å². The van der Waals surface area contributed by atoms with E-state index in [-0.39, 0.29) is 0 Å². The zero-order valence-corrected chi connectivity index (χ0v) is 13.3. The third kappa shape index (κ3) is 2.55. The summed E-state index contributed by atoms with van der Waals surface area (Å²) >= 11 is 14.4. The molecule has 1 aromatic carbocycles. The van der Waals surface area contributed by atoms with E-state index in [0.29, 0.717) is 27.3 Å². The maximum Gasteiger partial charge on any atom is 0.166 e. The van der Waals surface area contributed by atoms with Crippen LogP contribution in [0.5, 0.6) is 5.75 Å². The van der Waals surface area contributed by atoms with Crippen LogP contribution in [0.15, 0.2) is 18.2 Å². The van der Waals surface area contributed by atoms with Crippen LogP contribution < -0.4 is 4.74 Å². The molecule has 0 atom stereocenters. The van der Waals surface area contributed by atoms with Gasteiger partial charge in [0.2, 0.25) is 0 Å². The fraction of sp³-hybridized carbons (Fsp3) is 0.167. The molecule has 0 N–H and O–H groups in total. The van der Waals surface area contributed by atoms with Crippen LogP contribution in [0.25, 0.3) is 11.4 Å². The molecule has 1 heterocycles. The zero-order valence-electron chi connectivity index (χ0n) is 9.67. The molecule has 0 bridgehead atoms. The Morgan fingerprint density at radius 2 is 1.94 bits per heavy atom. The zero-order chi connectivity index (χ0) is 13.3. The van der Waals surface area contributed by atoms with Crippen molar-refractivity contribution < 1.29 is 4.74 Å². The van der Waals surface area contributed by atoms with E-state index in [1.54, 1.807) is 13.2 Å². The van der Waals surface area contributed by atoms with E-state index in [2.05, 4.69) is 32.6 Å². The molecule has 0 saturated carbocycles. The summed E-state index contributed by atoms with van der Waals surface area (Å²) < 4.78 is 6.12. The number of ether oxygens (including phenoxy) is 1. The van der Waals surface area contributed by atoms with Crippen molar-refractivity contribution in [2.75, 3.05) is 7.11 Å². The van der Waals surface area contributed by atoms with Gasteiger partial charge in [-0.25, -0.2) is 9.97 Å². The molecule has 94 valence electrons. The Morgan fingerprint density at radius 1 is 1.22 bits per heavy atom. The minimum atomic E-state index is 0.417. The minimum absolute atomic E-state index is 0.417. The lowest BCUT2D eigenvalue weighted by Crippen LogP contribution is -1.99. The summed E-state index contributed by atoms with van der Waals surface area (Å²) in [6.45, 7) is 1.88. The van der Waals surface area contributed by atoms with Crippen molar-refractivity contribution in [2.24, 2.45) is 0 Å². The quantitative estimate of drug-likeness (QED) is 0.560. The maximum atomic E-state index is 6.18. The molecular formula is C12H9Cl2IN2O. The topological polar surface area (TPSA) is 35.0 Å². The average Bonchev–Trinajstić information content (AvgIpc) is 2.35. The SMILES string of the molecule is COc1cccc(Cl)c1-c1nc(C)c(I)c(Cl)n1. The summed E-state index contributed by atoms with van der Waals surface area (Å²) in [4.78, 5) is 8.66. The van der Waals surface area contributed by atoms with Gasteiger partial charge in [0.25, 0.3) is 0 Å². The molecular weight excluding hydrogens is 386 g/mol. The van der Waals surface area contributed by atoms with Gasteiger partial charge in [0.1, 0.15) is 10.9 Å². The first kappa shape index (κ1) is 13.8. The van der Waals surface area contributed by atoms with Crippen LogP contribution in [-0.2, 0) is 0 Å². The predicted octanol–water partition coefficient (Wildman–Crippen LogP) is 4.37. The van der Waals surface area contributed by atoms with Crippen LogP contribution in [-0.4, -0.2) is 17.1 Å².